The summed E-state index contributed by atoms with van der Waals surface area (Å²) >= 11 is 0. The first-order chi connectivity index (χ1) is 19.1. The lowest BCUT2D eigenvalue weighted by Crippen LogP contribution is -2.19. The van der Waals surface area contributed by atoms with E-state index in [1.165, 1.54) is 10.9 Å². The lowest BCUT2D eigenvalue weighted by atomic mass is 10.1. The fourth-order valence-electron chi connectivity index (χ4n) is 3.72. The molecule has 3 N–H and O–H groups in total. The molecule has 0 aliphatic rings. The molecular formula is C27H24N8O4. The number of carbonyl (C=O) groups is 1. The van der Waals surface area contributed by atoms with Crippen molar-refractivity contribution in [1.82, 2.24) is 30.7 Å². The highest BCUT2D eigenvalue weighted by atomic mass is 16.6. The summed E-state index contributed by atoms with van der Waals surface area (Å²) in [6.45, 7) is 2.76. The van der Waals surface area contributed by atoms with Crippen LogP contribution in [-0.4, -0.2) is 44.0 Å². The Labute approximate surface area is 223 Å². The van der Waals surface area contributed by atoms with Crippen LogP contribution in [0.15, 0.2) is 88.6 Å². The molecule has 12 heteroatoms. The summed E-state index contributed by atoms with van der Waals surface area (Å²) in [5.74, 6) is 0.703. The van der Waals surface area contributed by atoms with E-state index in [0.29, 0.717) is 41.5 Å². The van der Waals surface area contributed by atoms with Crippen molar-refractivity contribution in [2.45, 2.75) is 13.5 Å². The molecule has 2 aromatic heterocycles. The molecule has 0 aliphatic heterocycles. The monoisotopic (exact) mass is 524 g/mol. The van der Waals surface area contributed by atoms with Crippen LogP contribution >= 0.6 is 0 Å². The molecule has 0 saturated carbocycles. The van der Waals surface area contributed by atoms with Crippen molar-refractivity contribution in [1.29, 1.82) is 0 Å². The zero-order chi connectivity index (χ0) is 27.0. The van der Waals surface area contributed by atoms with E-state index in [4.69, 9.17) is 19.8 Å². The average molecular weight is 525 g/mol. The van der Waals surface area contributed by atoms with Crippen LogP contribution in [0.1, 0.15) is 28.5 Å². The van der Waals surface area contributed by atoms with E-state index in [-0.39, 0.29) is 17.3 Å². The third kappa shape index (κ3) is 5.74. The number of hydrazone groups is 1. The maximum absolute atomic E-state index is 13.1. The largest absolute Gasteiger partial charge is 0.490 e. The van der Waals surface area contributed by atoms with Crippen LogP contribution in [0, 0.1) is 0 Å². The SMILES string of the molecule is CCOc1cc(/C=N\NC(=O)c2nnn(-c3nonc3N)c2-c2ccccc2)ccc1OCc1ccccc1. The van der Waals surface area contributed by atoms with Crippen molar-refractivity contribution < 1.29 is 18.9 Å². The third-order valence-corrected chi connectivity index (χ3v) is 5.51. The summed E-state index contributed by atoms with van der Waals surface area (Å²) < 4.78 is 17.7. The second-order valence-corrected chi connectivity index (χ2v) is 8.15. The van der Waals surface area contributed by atoms with Crippen molar-refractivity contribution in [3.63, 3.8) is 0 Å². The number of nitrogen functional groups attached to an aromatic ring is 1. The Morgan fingerprint density at radius 3 is 2.51 bits per heavy atom. The number of rotatable bonds is 10. The summed E-state index contributed by atoms with van der Waals surface area (Å²) in [5, 5.41) is 19.5. The molecule has 0 radical (unpaired) electrons. The molecule has 0 atom stereocenters. The third-order valence-electron chi connectivity index (χ3n) is 5.51. The van der Waals surface area contributed by atoms with Gasteiger partial charge >= 0.3 is 0 Å². The second-order valence-electron chi connectivity index (χ2n) is 8.15. The standard InChI is InChI=1S/C27H24N8O4/c1-2-37-22-15-19(13-14-21(22)38-17-18-9-5-3-6-10-18)16-29-31-27(36)23-24(20-11-7-4-8-12-20)35(34-30-23)26-25(28)32-39-33-26/h3-16H,2,17H2,1H3,(H2,28,32)(H,31,36)/b29-16-. The molecule has 5 rings (SSSR count). The molecule has 12 nitrogen and oxygen atoms in total. The molecule has 1 amide bonds. The van der Waals surface area contributed by atoms with Gasteiger partial charge in [-0.3, -0.25) is 4.79 Å². The molecule has 2 heterocycles. The van der Waals surface area contributed by atoms with E-state index in [9.17, 15) is 4.79 Å². The minimum absolute atomic E-state index is 0.00311. The molecule has 0 spiro atoms. The zero-order valence-corrected chi connectivity index (χ0v) is 20.9. The van der Waals surface area contributed by atoms with Crippen molar-refractivity contribution in [3.05, 3.63) is 95.7 Å². The van der Waals surface area contributed by atoms with Crippen LogP contribution < -0.4 is 20.6 Å². The second kappa shape index (κ2) is 11.7. The Balaban J connectivity index is 1.34. The van der Waals surface area contributed by atoms with Gasteiger partial charge in [-0.25, -0.2) is 10.1 Å². The Hall–Kier alpha value is -5.52. The highest BCUT2D eigenvalue weighted by Crippen LogP contribution is 2.29. The summed E-state index contributed by atoms with van der Waals surface area (Å²) in [6.07, 6.45) is 1.49. The average Bonchev–Trinajstić information content (AvgIpc) is 3.60. The van der Waals surface area contributed by atoms with E-state index < -0.39 is 5.91 Å². The number of carbonyl (C=O) groups excluding carboxylic acids is 1. The molecule has 0 saturated heterocycles. The summed E-state index contributed by atoms with van der Waals surface area (Å²) in [4.78, 5) is 13.1. The number of amides is 1. The summed E-state index contributed by atoms with van der Waals surface area (Å²) in [5.41, 5.74) is 11.1. The maximum Gasteiger partial charge on any atom is 0.294 e. The molecule has 196 valence electrons. The van der Waals surface area contributed by atoms with Gasteiger partial charge < -0.3 is 15.2 Å². The molecule has 0 aliphatic carbocycles. The van der Waals surface area contributed by atoms with Gasteiger partial charge in [0, 0.05) is 5.56 Å². The quantitative estimate of drug-likeness (QED) is 0.206. The first-order valence-corrected chi connectivity index (χ1v) is 12.0. The minimum Gasteiger partial charge on any atom is -0.490 e. The number of anilines is 1. The van der Waals surface area contributed by atoms with Crippen LogP contribution in [0.3, 0.4) is 0 Å². The number of hydrogen-bond acceptors (Lipinski definition) is 10. The number of nitrogens with two attached hydrogens (primary N) is 1. The minimum atomic E-state index is -0.584. The van der Waals surface area contributed by atoms with Gasteiger partial charge in [0.2, 0.25) is 11.6 Å². The van der Waals surface area contributed by atoms with Crippen LogP contribution in [0.25, 0.3) is 17.1 Å². The topological polar surface area (TPSA) is 156 Å². The predicted octanol–water partition coefficient (Wildman–Crippen LogP) is 3.64. The van der Waals surface area contributed by atoms with Gasteiger partial charge in [0.15, 0.2) is 17.2 Å². The van der Waals surface area contributed by atoms with E-state index in [1.54, 1.807) is 24.3 Å². The highest BCUT2D eigenvalue weighted by Gasteiger charge is 2.25. The van der Waals surface area contributed by atoms with Crippen LogP contribution in [-0.2, 0) is 6.61 Å². The van der Waals surface area contributed by atoms with Crippen molar-refractivity contribution >= 4 is 17.9 Å². The van der Waals surface area contributed by atoms with Crippen molar-refractivity contribution in [3.8, 4) is 28.6 Å². The van der Waals surface area contributed by atoms with Gasteiger partial charge in [0.25, 0.3) is 5.91 Å². The summed E-state index contributed by atoms with van der Waals surface area (Å²) in [6, 6.07) is 24.3. The predicted molar refractivity (Wildman–Crippen MR) is 143 cm³/mol. The number of nitrogens with one attached hydrogen (secondary N) is 1. The fourth-order valence-corrected chi connectivity index (χ4v) is 3.72. The van der Waals surface area contributed by atoms with E-state index >= 15 is 0 Å². The number of nitrogens with zero attached hydrogens (tertiary/aromatic N) is 6. The molecule has 0 fully saturated rings. The fraction of sp³-hybridized carbons (Fsp3) is 0.111. The maximum atomic E-state index is 13.1. The van der Waals surface area contributed by atoms with Crippen LogP contribution in [0.2, 0.25) is 0 Å². The normalized spacial score (nSPS) is 11.0. The van der Waals surface area contributed by atoms with Crippen molar-refractivity contribution in [2.24, 2.45) is 5.10 Å². The lowest BCUT2D eigenvalue weighted by molar-refractivity contribution is 0.0950. The number of benzene rings is 3. The molecule has 0 unspecified atom stereocenters. The van der Waals surface area contributed by atoms with Gasteiger partial charge in [-0.05, 0) is 46.6 Å². The lowest BCUT2D eigenvalue weighted by Gasteiger charge is -2.12. The Bertz CT molecular complexity index is 1580. The van der Waals surface area contributed by atoms with Gasteiger partial charge in [-0.2, -0.15) is 9.78 Å². The van der Waals surface area contributed by atoms with E-state index in [0.717, 1.165) is 5.56 Å². The Kier molecular flexibility index (Phi) is 7.53. The van der Waals surface area contributed by atoms with Crippen molar-refractivity contribution in [2.75, 3.05) is 12.3 Å². The summed E-state index contributed by atoms with van der Waals surface area (Å²) in [7, 11) is 0. The zero-order valence-electron chi connectivity index (χ0n) is 20.9. The van der Waals surface area contributed by atoms with Crippen LogP contribution in [0.4, 0.5) is 5.82 Å². The van der Waals surface area contributed by atoms with Gasteiger partial charge in [0.05, 0.1) is 12.8 Å². The number of hydrogen-bond donors (Lipinski definition) is 2. The highest BCUT2D eigenvalue weighted by molar-refractivity contribution is 5.98. The molecule has 39 heavy (non-hydrogen) atoms. The van der Waals surface area contributed by atoms with Gasteiger partial charge in [0.1, 0.15) is 12.3 Å². The molecule has 0 bridgehead atoms. The Morgan fingerprint density at radius 1 is 1.03 bits per heavy atom. The molecule has 5 aromatic rings. The smallest absolute Gasteiger partial charge is 0.294 e. The van der Waals surface area contributed by atoms with E-state index in [2.05, 4.69) is 31.2 Å². The number of ether oxygens (including phenoxy) is 2. The van der Waals surface area contributed by atoms with E-state index in [1.807, 2.05) is 61.5 Å². The van der Waals surface area contributed by atoms with Crippen LogP contribution in [0.5, 0.6) is 11.5 Å². The van der Waals surface area contributed by atoms with Gasteiger partial charge in [-0.15, -0.1) is 5.10 Å². The van der Waals surface area contributed by atoms with Gasteiger partial charge in [-0.1, -0.05) is 65.9 Å². The molecular weight excluding hydrogens is 500 g/mol. The first-order valence-electron chi connectivity index (χ1n) is 12.0. The Morgan fingerprint density at radius 2 is 1.79 bits per heavy atom. The molecule has 3 aromatic carbocycles. The first kappa shape index (κ1) is 25.1. The number of aromatic nitrogens is 5.